The Hall–Kier alpha value is -7.30. The predicted octanol–water partition coefficient (Wildman–Crippen LogP) is 12.8. The van der Waals surface area contributed by atoms with Gasteiger partial charge in [0.15, 0.2) is 0 Å². The molecule has 0 aliphatic rings. The Morgan fingerprint density at radius 1 is 0.333 bits per heavy atom. The number of nitrogens with zero attached hydrogens (tertiary/aromatic N) is 4. The molecule has 4 nitrogen and oxygen atoms in total. The Balaban J connectivity index is 1.27. The van der Waals surface area contributed by atoms with Crippen LogP contribution in [0.5, 0.6) is 0 Å². The molecule has 0 unspecified atom stereocenters. The summed E-state index contributed by atoms with van der Waals surface area (Å²) in [6.45, 7) is 0. The quantitative estimate of drug-likeness (QED) is 0.180. The van der Waals surface area contributed by atoms with Crippen molar-refractivity contribution in [2.75, 3.05) is 0 Å². The first-order chi connectivity index (χ1) is 26.8. The molecule has 0 radical (unpaired) electrons. The summed E-state index contributed by atoms with van der Waals surface area (Å²) < 4.78 is 4.72. The lowest BCUT2D eigenvalue weighted by Crippen LogP contribution is -2.03. The number of hydrogen-bond donors (Lipinski definition) is 0. The molecular weight excluding hydrogens is 657 g/mol. The van der Waals surface area contributed by atoms with Gasteiger partial charge in [-0.15, -0.1) is 0 Å². The Labute approximate surface area is 311 Å². The summed E-state index contributed by atoms with van der Waals surface area (Å²) in [7, 11) is 0. The van der Waals surface area contributed by atoms with Gasteiger partial charge in [-0.2, -0.15) is 0 Å². The SMILES string of the molecule is c1ccc(-c2cc(-c3ccccc3)cc(-n3c4ccccc4c4ccc5c(c6ccccc6n5-c5nc(-c6ccccc6)c6ccccc6n5)c43)c2)cc1. The molecule has 8 aromatic carbocycles. The lowest BCUT2D eigenvalue weighted by Gasteiger charge is -2.15. The first kappa shape index (κ1) is 30.3. The highest BCUT2D eigenvalue weighted by Crippen LogP contribution is 2.43. The average molecular weight is 689 g/mol. The van der Waals surface area contributed by atoms with Crippen molar-refractivity contribution in [1.29, 1.82) is 0 Å². The normalized spacial score (nSPS) is 11.7. The van der Waals surface area contributed by atoms with Crippen molar-refractivity contribution in [1.82, 2.24) is 19.1 Å². The van der Waals surface area contributed by atoms with Crippen LogP contribution in [0.3, 0.4) is 0 Å². The molecule has 3 aromatic heterocycles. The number of para-hydroxylation sites is 3. The van der Waals surface area contributed by atoms with Crippen molar-refractivity contribution >= 4 is 54.5 Å². The first-order valence-corrected chi connectivity index (χ1v) is 18.3. The minimum absolute atomic E-state index is 0.651. The van der Waals surface area contributed by atoms with E-state index >= 15 is 0 Å². The van der Waals surface area contributed by atoms with Crippen LogP contribution < -0.4 is 0 Å². The maximum atomic E-state index is 5.35. The van der Waals surface area contributed by atoms with Crippen molar-refractivity contribution in [3.63, 3.8) is 0 Å². The van der Waals surface area contributed by atoms with Gasteiger partial charge in [0.1, 0.15) is 0 Å². The van der Waals surface area contributed by atoms with Crippen LogP contribution in [0.15, 0.2) is 194 Å². The highest BCUT2D eigenvalue weighted by Gasteiger charge is 2.23. The molecule has 0 saturated carbocycles. The number of benzene rings is 8. The van der Waals surface area contributed by atoms with Crippen LogP contribution in [0.4, 0.5) is 0 Å². The Morgan fingerprint density at radius 2 is 0.870 bits per heavy atom. The second kappa shape index (κ2) is 12.1. The van der Waals surface area contributed by atoms with E-state index in [-0.39, 0.29) is 0 Å². The molecule has 54 heavy (non-hydrogen) atoms. The summed E-state index contributed by atoms with van der Waals surface area (Å²) in [5, 5.41) is 5.78. The summed E-state index contributed by atoms with van der Waals surface area (Å²) in [6, 6.07) is 69.1. The zero-order valence-electron chi connectivity index (χ0n) is 29.3. The number of rotatable bonds is 5. The molecular formula is C50H32N4. The number of fused-ring (bicyclic) bond motifs is 8. The Morgan fingerprint density at radius 3 is 1.54 bits per heavy atom. The fourth-order valence-electron chi connectivity index (χ4n) is 8.31. The van der Waals surface area contributed by atoms with E-state index < -0.39 is 0 Å². The third-order valence-corrected chi connectivity index (χ3v) is 10.7. The molecule has 0 spiro atoms. The van der Waals surface area contributed by atoms with E-state index in [9.17, 15) is 0 Å². The Bertz CT molecular complexity index is 3140. The van der Waals surface area contributed by atoms with E-state index in [0.717, 1.165) is 55.3 Å². The average Bonchev–Trinajstić information content (AvgIpc) is 3.77. The van der Waals surface area contributed by atoms with E-state index in [1.54, 1.807) is 0 Å². The topological polar surface area (TPSA) is 35.6 Å². The molecule has 0 saturated heterocycles. The van der Waals surface area contributed by atoms with Crippen molar-refractivity contribution < 1.29 is 0 Å². The fraction of sp³-hybridized carbons (Fsp3) is 0. The van der Waals surface area contributed by atoms with Gasteiger partial charge in [0.25, 0.3) is 0 Å². The van der Waals surface area contributed by atoms with Crippen LogP contribution in [-0.4, -0.2) is 19.1 Å². The molecule has 0 atom stereocenters. The van der Waals surface area contributed by atoms with Gasteiger partial charge in [0.05, 0.1) is 33.3 Å². The van der Waals surface area contributed by atoms with Crippen molar-refractivity contribution in [2.45, 2.75) is 0 Å². The molecule has 11 aromatic rings. The van der Waals surface area contributed by atoms with Crippen LogP contribution in [0.2, 0.25) is 0 Å². The molecule has 0 bridgehead atoms. The number of hydrogen-bond acceptors (Lipinski definition) is 2. The highest BCUT2D eigenvalue weighted by atomic mass is 15.2. The maximum Gasteiger partial charge on any atom is 0.235 e. The van der Waals surface area contributed by atoms with Gasteiger partial charge in [0.2, 0.25) is 5.95 Å². The molecule has 11 rings (SSSR count). The van der Waals surface area contributed by atoms with E-state index in [1.165, 1.54) is 38.4 Å². The van der Waals surface area contributed by atoms with E-state index in [0.29, 0.717) is 5.95 Å². The second-order valence-corrected chi connectivity index (χ2v) is 13.8. The van der Waals surface area contributed by atoms with Crippen LogP contribution in [0, 0.1) is 0 Å². The molecule has 0 aliphatic heterocycles. The zero-order chi connectivity index (χ0) is 35.6. The minimum atomic E-state index is 0.651. The monoisotopic (exact) mass is 688 g/mol. The van der Waals surface area contributed by atoms with Crippen molar-refractivity contribution in [3.8, 4) is 45.1 Å². The molecule has 0 aliphatic carbocycles. The van der Waals surface area contributed by atoms with Gasteiger partial charge >= 0.3 is 0 Å². The van der Waals surface area contributed by atoms with E-state index in [2.05, 4.69) is 197 Å². The molecule has 252 valence electrons. The zero-order valence-corrected chi connectivity index (χ0v) is 29.3. The standard InChI is InChI=1S/C50H32N4/c1-4-16-33(17-5-1)36-30-37(34-18-6-2-7-19-34)32-38(31-36)53-44-26-14-11-22-39(44)40-28-29-46-47(49(40)53)42-24-12-15-27-45(42)54(46)50-51-43-25-13-10-23-41(43)48(52-50)35-20-8-3-9-21-35/h1-32H. The maximum absolute atomic E-state index is 5.35. The Kier molecular flexibility index (Phi) is 6.82. The van der Waals surface area contributed by atoms with Gasteiger partial charge in [-0.3, -0.25) is 4.57 Å². The summed E-state index contributed by atoms with van der Waals surface area (Å²) in [5.41, 5.74) is 13.2. The van der Waals surface area contributed by atoms with Gasteiger partial charge in [-0.05, 0) is 64.7 Å². The third-order valence-electron chi connectivity index (χ3n) is 10.7. The molecule has 0 amide bonds. The highest BCUT2D eigenvalue weighted by molar-refractivity contribution is 6.26. The lowest BCUT2D eigenvalue weighted by atomic mass is 9.98. The number of aromatic nitrogens is 4. The van der Waals surface area contributed by atoms with Gasteiger partial charge < -0.3 is 4.57 Å². The second-order valence-electron chi connectivity index (χ2n) is 13.8. The molecule has 0 fully saturated rings. The van der Waals surface area contributed by atoms with Crippen LogP contribution in [0.25, 0.3) is 99.7 Å². The summed E-state index contributed by atoms with van der Waals surface area (Å²) in [5.74, 6) is 0.651. The minimum Gasteiger partial charge on any atom is -0.308 e. The summed E-state index contributed by atoms with van der Waals surface area (Å²) in [6.07, 6.45) is 0. The lowest BCUT2D eigenvalue weighted by molar-refractivity contribution is 1.01. The molecule has 0 N–H and O–H groups in total. The molecule has 3 heterocycles. The smallest absolute Gasteiger partial charge is 0.235 e. The summed E-state index contributed by atoms with van der Waals surface area (Å²) >= 11 is 0. The van der Waals surface area contributed by atoms with Crippen LogP contribution >= 0.6 is 0 Å². The first-order valence-electron chi connectivity index (χ1n) is 18.3. The van der Waals surface area contributed by atoms with Gasteiger partial charge in [0, 0.05) is 38.2 Å². The largest absolute Gasteiger partial charge is 0.308 e. The van der Waals surface area contributed by atoms with Gasteiger partial charge in [-0.1, -0.05) is 152 Å². The van der Waals surface area contributed by atoms with Crippen molar-refractivity contribution in [3.05, 3.63) is 194 Å². The summed E-state index contributed by atoms with van der Waals surface area (Å²) in [4.78, 5) is 10.6. The fourth-order valence-corrected chi connectivity index (χ4v) is 8.31. The van der Waals surface area contributed by atoms with E-state index in [4.69, 9.17) is 9.97 Å². The predicted molar refractivity (Wildman–Crippen MR) is 225 cm³/mol. The van der Waals surface area contributed by atoms with Gasteiger partial charge in [-0.25, -0.2) is 9.97 Å². The van der Waals surface area contributed by atoms with E-state index in [1.807, 2.05) is 6.07 Å². The third kappa shape index (κ3) is 4.70. The van der Waals surface area contributed by atoms with Crippen LogP contribution in [0.1, 0.15) is 0 Å². The van der Waals surface area contributed by atoms with Crippen molar-refractivity contribution in [2.24, 2.45) is 0 Å². The molecule has 4 heteroatoms. The van der Waals surface area contributed by atoms with Crippen LogP contribution in [-0.2, 0) is 0 Å².